The van der Waals surface area contributed by atoms with Crippen molar-refractivity contribution in [3.05, 3.63) is 78.4 Å². The summed E-state index contributed by atoms with van der Waals surface area (Å²) in [6.45, 7) is 5.84. The summed E-state index contributed by atoms with van der Waals surface area (Å²) in [5.74, 6) is 1.73. The number of amides is 2. The molecule has 0 unspecified atom stereocenters. The van der Waals surface area contributed by atoms with Crippen molar-refractivity contribution in [1.82, 2.24) is 9.47 Å². The van der Waals surface area contributed by atoms with Gasteiger partial charge < -0.3 is 23.8 Å². The highest BCUT2D eigenvalue weighted by atomic mass is 16.5. The van der Waals surface area contributed by atoms with E-state index in [0.29, 0.717) is 19.5 Å². The fourth-order valence-electron chi connectivity index (χ4n) is 5.73. The maximum Gasteiger partial charge on any atom is 0.223 e. The number of aromatic nitrogens is 1. The van der Waals surface area contributed by atoms with Gasteiger partial charge in [-0.1, -0.05) is 56.5 Å². The molecule has 3 aromatic carbocycles. The van der Waals surface area contributed by atoms with Crippen LogP contribution in [0.5, 0.6) is 11.5 Å². The van der Waals surface area contributed by atoms with Crippen LogP contribution >= 0.6 is 0 Å². The second kappa shape index (κ2) is 16.0. The number of unbranched alkanes of at least 4 members (excludes halogenated alkanes) is 4. The van der Waals surface area contributed by atoms with Crippen LogP contribution < -0.4 is 14.4 Å². The highest BCUT2D eigenvalue weighted by molar-refractivity contribution is 6.09. The monoisotopic (exact) mass is 597 g/mol. The van der Waals surface area contributed by atoms with Crippen LogP contribution in [0.2, 0.25) is 0 Å². The van der Waals surface area contributed by atoms with Crippen LogP contribution in [0.3, 0.4) is 0 Å². The Kier molecular flexibility index (Phi) is 11.9. The van der Waals surface area contributed by atoms with Crippen LogP contribution in [0, 0.1) is 0 Å². The molecule has 234 valence electrons. The Morgan fingerprint density at radius 1 is 0.795 bits per heavy atom. The van der Waals surface area contributed by atoms with Crippen LogP contribution in [0.25, 0.3) is 22.2 Å². The van der Waals surface area contributed by atoms with Gasteiger partial charge in [0.15, 0.2) is 0 Å². The number of nitrogens with zero attached hydrogens (tertiary/aromatic N) is 3. The number of methoxy groups -OCH3 is 2. The maximum absolute atomic E-state index is 13.4. The second-order valence-corrected chi connectivity index (χ2v) is 11.4. The standard InChI is InChI=1S/C37H47N3O4/c1-6-7-24-38(3)35(42)17-13-8-9-14-25-39(28(2)41)37-33-26-32(44-5)22-23-34(33)40(27-29-15-11-10-12-16-29)36(37)30-18-20-31(43-4)21-19-30/h10-12,15-16,18-23,26H,6-9,13-14,17,24-25,27H2,1-5H3. The van der Waals surface area contributed by atoms with E-state index in [-0.39, 0.29) is 11.8 Å². The van der Waals surface area contributed by atoms with Crippen molar-refractivity contribution in [3.63, 3.8) is 0 Å². The molecule has 7 nitrogen and oxygen atoms in total. The summed E-state index contributed by atoms with van der Waals surface area (Å²) >= 11 is 0. The third kappa shape index (κ3) is 8.01. The minimum absolute atomic E-state index is 0.00549. The number of carbonyl (C=O) groups excluding carboxylic acids is 2. The maximum atomic E-state index is 13.4. The molecule has 0 spiro atoms. The Balaban J connectivity index is 1.66. The summed E-state index contributed by atoms with van der Waals surface area (Å²) in [7, 11) is 5.23. The van der Waals surface area contributed by atoms with Gasteiger partial charge in [-0.05, 0) is 67.3 Å². The summed E-state index contributed by atoms with van der Waals surface area (Å²) < 4.78 is 13.4. The van der Waals surface area contributed by atoms with E-state index >= 15 is 0 Å². The fraction of sp³-hybridized carbons (Fsp3) is 0.405. The third-order valence-electron chi connectivity index (χ3n) is 8.24. The van der Waals surface area contributed by atoms with Gasteiger partial charge in [0.05, 0.1) is 31.1 Å². The van der Waals surface area contributed by atoms with Crippen molar-refractivity contribution in [2.45, 2.75) is 65.3 Å². The molecule has 1 aromatic heterocycles. The number of hydrogen-bond acceptors (Lipinski definition) is 4. The van der Waals surface area contributed by atoms with Crippen molar-refractivity contribution >= 4 is 28.4 Å². The molecule has 0 saturated carbocycles. The lowest BCUT2D eigenvalue weighted by atomic mass is 10.1. The van der Waals surface area contributed by atoms with E-state index in [1.807, 2.05) is 47.2 Å². The normalized spacial score (nSPS) is 11.0. The Labute approximate surface area is 262 Å². The first kappa shape index (κ1) is 32.6. The molecule has 0 aliphatic heterocycles. The minimum atomic E-state index is -0.00549. The largest absolute Gasteiger partial charge is 0.497 e. The van der Waals surface area contributed by atoms with E-state index in [4.69, 9.17) is 9.47 Å². The number of benzene rings is 3. The molecule has 0 fully saturated rings. The van der Waals surface area contributed by atoms with Crippen molar-refractivity contribution in [2.75, 3.05) is 39.3 Å². The number of ether oxygens (including phenoxy) is 2. The Bertz CT molecular complexity index is 1510. The van der Waals surface area contributed by atoms with E-state index in [2.05, 4.69) is 54.0 Å². The average molecular weight is 598 g/mol. The van der Waals surface area contributed by atoms with Crippen molar-refractivity contribution in [2.24, 2.45) is 0 Å². The number of carbonyl (C=O) groups is 2. The van der Waals surface area contributed by atoms with Gasteiger partial charge in [-0.2, -0.15) is 0 Å². The topological polar surface area (TPSA) is 64.0 Å². The van der Waals surface area contributed by atoms with Gasteiger partial charge in [-0.15, -0.1) is 0 Å². The summed E-state index contributed by atoms with van der Waals surface area (Å²) in [5, 5.41) is 0.974. The third-order valence-corrected chi connectivity index (χ3v) is 8.24. The second-order valence-electron chi connectivity index (χ2n) is 11.4. The van der Waals surface area contributed by atoms with Crippen LogP contribution in [-0.4, -0.2) is 55.6 Å². The number of fused-ring (bicyclic) bond motifs is 1. The molecule has 0 radical (unpaired) electrons. The van der Waals surface area contributed by atoms with Crippen molar-refractivity contribution in [1.29, 1.82) is 0 Å². The van der Waals surface area contributed by atoms with Crippen molar-refractivity contribution < 1.29 is 19.1 Å². The quantitative estimate of drug-likeness (QED) is 0.123. The molecule has 0 N–H and O–H groups in total. The van der Waals surface area contributed by atoms with E-state index in [1.54, 1.807) is 21.1 Å². The first-order valence-corrected chi connectivity index (χ1v) is 15.8. The van der Waals surface area contributed by atoms with Gasteiger partial charge in [0, 0.05) is 51.0 Å². The predicted octanol–water partition coefficient (Wildman–Crippen LogP) is 7.94. The van der Waals surface area contributed by atoms with Crippen LogP contribution in [-0.2, 0) is 16.1 Å². The Morgan fingerprint density at radius 3 is 2.14 bits per heavy atom. The van der Waals surface area contributed by atoms with Crippen LogP contribution in [0.4, 0.5) is 5.69 Å². The van der Waals surface area contributed by atoms with Crippen LogP contribution in [0.1, 0.15) is 64.4 Å². The SMILES string of the molecule is CCCCN(C)C(=O)CCCCCCN(C(C)=O)c1c(-c2ccc(OC)cc2)n(Cc2ccccc2)c2ccc(OC)cc12. The molecular formula is C37H47N3O4. The van der Waals surface area contributed by atoms with Gasteiger partial charge in [-0.3, -0.25) is 9.59 Å². The smallest absolute Gasteiger partial charge is 0.223 e. The van der Waals surface area contributed by atoms with E-state index in [1.165, 1.54) is 5.56 Å². The lowest BCUT2D eigenvalue weighted by molar-refractivity contribution is -0.130. The fourth-order valence-corrected chi connectivity index (χ4v) is 5.73. The molecule has 0 bridgehead atoms. The summed E-state index contributed by atoms with van der Waals surface area (Å²) in [5.41, 5.74) is 5.08. The summed E-state index contributed by atoms with van der Waals surface area (Å²) in [6.07, 6.45) is 6.30. The molecule has 2 amide bonds. The molecule has 0 aliphatic carbocycles. The van der Waals surface area contributed by atoms with Gasteiger partial charge in [0.2, 0.25) is 11.8 Å². The summed E-state index contributed by atoms with van der Waals surface area (Å²) in [6, 6.07) is 24.5. The van der Waals surface area contributed by atoms with E-state index in [9.17, 15) is 9.59 Å². The highest BCUT2D eigenvalue weighted by Crippen LogP contribution is 2.43. The lowest BCUT2D eigenvalue weighted by Gasteiger charge is -2.24. The van der Waals surface area contributed by atoms with Crippen LogP contribution in [0.15, 0.2) is 72.8 Å². The lowest BCUT2D eigenvalue weighted by Crippen LogP contribution is -2.30. The van der Waals surface area contributed by atoms with Gasteiger partial charge >= 0.3 is 0 Å². The molecule has 0 aliphatic rings. The molecule has 1 heterocycles. The molecule has 0 atom stereocenters. The average Bonchev–Trinajstić information content (AvgIpc) is 3.35. The molecule has 7 heteroatoms. The number of rotatable bonds is 16. The van der Waals surface area contributed by atoms with Crippen molar-refractivity contribution in [3.8, 4) is 22.8 Å². The Morgan fingerprint density at radius 2 is 1.48 bits per heavy atom. The van der Waals surface area contributed by atoms with E-state index < -0.39 is 0 Å². The summed E-state index contributed by atoms with van der Waals surface area (Å²) in [4.78, 5) is 29.6. The predicted molar refractivity (Wildman–Crippen MR) is 180 cm³/mol. The molecular weight excluding hydrogens is 550 g/mol. The highest BCUT2D eigenvalue weighted by Gasteiger charge is 2.26. The first-order chi connectivity index (χ1) is 21.4. The minimum Gasteiger partial charge on any atom is -0.497 e. The molecule has 44 heavy (non-hydrogen) atoms. The Hall–Kier alpha value is -4.26. The molecule has 4 aromatic rings. The molecule has 0 saturated heterocycles. The number of hydrogen-bond donors (Lipinski definition) is 0. The zero-order valence-electron chi connectivity index (χ0n) is 27.0. The van der Waals surface area contributed by atoms with Gasteiger partial charge in [-0.25, -0.2) is 0 Å². The first-order valence-electron chi connectivity index (χ1n) is 15.8. The zero-order chi connectivity index (χ0) is 31.5. The van der Waals surface area contributed by atoms with Gasteiger partial charge in [0.1, 0.15) is 11.5 Å². The molecule has 4 rings (SSSR count). The zero-order valence-corrected chi connectivity index (χ0v) is 27.0. The number of anilines is 1. The van der Waals surface area contributed by atoms with Gasteiger partial charge in [0.25, 0.3) is 0 Å². The van der Waals surface area contributed by atoms with E-state index in [0.717, 1.165) is 84.4 Å².